The quantitative estimate of drug-likeness (QED) is 0.601. The smallest absolute Gasteiger partial charge is 0.319 e. The van der Waals surface area contributed by atoms with Crippen LogP contribution in [0.4, 0.5) is 20.7 Å². The van der Waals surface area contributed by atoms with Crippen molar-refractivity contribution < 1.29 is 9.18 Å². The number of pyridine rings is 1. The molecule has 2 aromatic heterocycles. The minimum absolute atomic E-state index is 0.0271. The summed E-state index contributed by atoms with van der Waals surface area (Å²) in [6.45, 7) is 1.52. The Bertz CT molecular complexity index is 996. The van der Waals surface area contributed by atoms with E-state index in [9.17, 15) is 9.18 Å². The summed E-state index contributed by atoms with van der Waals surface area (Å²) in [6, 6.07) is 9.54. The third-order valence-corrected chi connectivity index (χ3v) is 5.10. The molecule has 0 bridgehead atoms. The monoisotopic (exact) mass is 414 g/mol. The molecule has 150 valence electrons. The van der Waals surface area contributed by atoms with Gasteiger partial charge >= 0.3 is 6.03 Å². The molecule has 4 rings (SSSR count). The van der Waals surface area contributed by atoms with Gasteiger partial charge in [-0.3, -0.25) is 10.1 Å². The van der Waals surface area contributed by atoms with Crippen LogP contribution in [0.5, 0.6) is 0 Å². The molecule has 0 aliphatic carbocycles. The van der Waals surface area contributed by atoms with Crippen molar-refractivity contribution in [2.24, 2.45) is 0 Å². The van der Waals surface area contributed by atoms with Gasteiger partial charge in [0.25, 0.3) is 0 Å². The van der Waals surface area contributed by atoms with Crippen LogP contribution in [0.2, 0.25) is 5.02 Å². The zero-order valence-electron chi connectivity index (χ0n) is 15.5. The van der Waals surface area contributed by atoms with Gasteiger partial charge in [0.05, 0.1) is 10.7 Å². The van der Waals surface area contributed by atoms with Gasteiger partial charge in [0.2, 0.25) is 0 Å². The van der Waals surface area contributed by atoms with E-state index in [1.165, 1.54) is 18.2 Å². The van der Waals surface area contributed by atoms with E-state index in [4.69, 9.17) is 11.6 Å². The van der Waals surface area contributed by atoms with E-state index in [-0.39, 0.29) is 17.1 Å². The fourth-order valence-electron chi connectivity index (χ4n) is 3.38. The maximum atomic E-state index is 13.2. The molecule has 2 amide bonds. The number of H-pyrrole nitrogens is 1. The highest BCUT2D eigenvalue weighted by Gasteiger charge is 2.23. The van der Waals surface area contributed by atoms with Gasteiger partial charge in [0.1, 0.15) is 5.82 Å². The first kappa shape index (κ1) is 19.2. The molecular formula is C20H20ClFN6O. The van der Waals surface area contributed by atoms with Crippen LogP contribution in [0.15, 0.2) is 48.8 Å². The van der Waals surface area contributed by atoms with E-state index in [0.29, 0.717) is 12.2 Å². The van der Waals surface area contributed by atoms with Crippen LogP contribution in [0.3, 0.4) is 0 Å². The Labute approximate surface area is 172 Å². The standard InChI is InChI=1S/C20H20ClFN6O/c21-16-10-14(3-4-17(16)22)24-20(29)25-15-2-1-9-28(12-15)19-11-18(26-27-19)13-5-7-23-8-6-13/h3-8,10-11,15H,1-2,9,12H2,(H,26,27)(H2,24,25,29). The number of hydrogen-bond acceptors (Lipinski definition) is 4. The number of amides is 2. The maximum Gasteiger partial charge on any atom is 0.319 e. The molecular weight excluding hydrogens is 395 g/mol. The Kier molecular flexibility index (Phi) is 5.62. The largest absolute Gasteiger partial charge is 0.353 e. The fraction of sp³-hybridized carbons (Fsp3) is 0.250. The van der Waals surface area contributed by atoms with E-state index in [1.807, 2.05) is 18.2 Å². The summed E-state index contributed by atoms with van der Waals surface area (Å²) in [6.07, 6.45) is 5.29. The molecule has 1 aliphatic heterocycles. The van der Waals surface area contributed by atoms with Crippen molar-refractivity contribution in [3.63, 3.8) is 0 Å². The normalized spacial score (nSPS) is 16.5. The molecule has 1 saturated heterocycles. The van der Waals surface area contributed by atoms with Crippen LogP contribution >= 0.6 is 11.6 Å². The molecule has 3 aromatic rings. The number of rotatable bonds is 4. The van der Waals surface area contributed by atoms with Crippen LogP contribution in [-0.4, -0.2) is 40.3 Å². The summed E-state index contributed by atoms with van der Waals surface area (Å²) in [4.78, 5) is 18.5. The Morgan fingerprint density at radius 3 is 2.86 bits per heavy atom. The first-order valence-electron chi connectivity index (χ1n) is 9.32. The number of hydrogen-bond donors (Lipinski definition) is 3. The number of aromatic amines is 1. The van der Waals surface area contributed by atoms with Crippen molar-refractivity contribution in [1.82, 2.24) is 20.5 Å². The lowest BCUT2D eigenvalue weighted by molar-refractivity contribution is 0.246. The van der Waals surface area contributed by atoms with Crippen molar-refractivity contribution in [3.8, 4) is 11.3 Å². The summed E-state index contributed by atoms with van der Waals surface area (Å²) < 4.78 is 13.2. The van der Waals surface area contributed by atoms with Crippen molar-refractivity contribution in [3.05, 3.63) is 59.6 Å². The molecule has 3 heterocycles. The van der Waals surface area contributed by atoms with E-state index in [0.717, 1.165) is 36.5 Å². The van der Waals surface area contributed by atoms with Gasteiger partial charge in [-0.2, -0.15) is 5.10 Å². The van der Waals surface area contributed by atoms with Gasteiger partial charge in [-0.25, -0.2) is 9.18 Å². The summed E-state index contributed by atoms with van der Waals surface area (Å²) in [5.41, 5.74) is 2.38. The number of anilines is 2. The Morgan fingerprint density at radius 1 is 1.24 bits per heavy atom. The number of nitrogens with zero attached hydrogens (tertiary/aromatic N) is 3. The molecule has 0 spiro atoms. The zero-order chi connectivity index (χ0) is 20.2. The number of halogens is 2. The van der Waals surface area contributed by atoms with E-state index in [2.05, 4.69) is 30.7 Å². The predicted molar refractivity (Wildman–Crippen MR) is 111 cm³/mol. The second-order valence-electron chi connectivity index (χ2n) is 6.89. The van der Waals surface area contributed by atoms with Gasteiger partial charge in [-0.15, -0.1) is 0 Å². The second kappa shape index (κ2) is 8.48. The van der Waals surface area contributed by atoms with E-state index >= 15 is 0 Å². The number of piperidine rings is 1. The molecule has 7 nitrogen and oxygen atoms in total. The fourth-order valence-corrected chi connectivity index (χ4v) is 3.56. The first-order chi connectivity index (χ1) is 14.1. The molecule has 1 atom stereocenters. The average molecular weight is 415 g/mol. The Hall–Kier alpha value is -3.13. The molecule has 1 aliphatic rings. The first-order valence-corrected chi connectivity index (χ1v) is 9.69. The van der Waals surface area contributed by atoms with Crippen LogP contribution in [0.25, 0.3) is 11.3 Å². The summed E-state index contributed by atoms with van der Waals surface area (Å²) in [5, 5.41) is 13.1. The molecule has 0 saturated carbocycles. The topological polar surface area (TPSA) is 85.9 Å². The second-order valence-corrected chi connectivity index (χ2v) is 7.30. The van der Waals surface area contributed by atoms with Gasteiger partial charge in [0, 0.05) is 48.8 Å². The Balaban J connectivity index is 1.36. The molecule has 29 heavy (non-hydrogen) atoms. The van der Waals surface area contributed by atoms with Crippen LogP contribution in [0, 0.1) is 5.82 Å². The van der Waals surface area contributed by atoms with E-state index in [1.54, 1.807) is 12.4 Å². The van der Waals surface area contributed by atoms with Crippen LogP contribution in [-0.2, 0) is 0 Å². The van der Waals surface area contributed by atoms with Crippen LogP contribution in [0.1, 0.15) is 12.8 Å². The summed E-state index contributed by atoms with van der Waals surface area (Å²) in [5.74, 6) is 0.319. The number of carbonyl (C=O) groups excluding carboxylic acids is 1. The van der Waals surface area contributed by atoms with Gasteiger partial charge < -0.3 is 15.5 Å². The number of benzene rings is 1. The molecule has 1 unspecified atom stereocenters. The van der Waals surface area contributed by atoms with Crippen molar-refractivity contribution in [2.45, 2.75) is 18.9 Å². The molecule has 0 radical (unpaired) electrons. The number of nitrogens with one attached hydrogen (secondary N) is 3. The molecule has 1 fully saturated rings. The summed E-state index contributed by atoms with van der Waals surface area (Å²) in [7, 11) is 0. The predicted octanol–water partition coefficient (Wildman–Crippen LogP) is 4.05. The summed E-state index contributed by atoms with van der Waals surface area (Å²) >= 11 is 5.76. The lowest BCUT2D eigenvalue weighted by Crippen LogP contribution is -2.49. The third kappa shape index (κ3) is 4.65. The highest BCUT2D eigenvalue weighted by molar-refractivity contribution is 6.31. The highest BCUT2D eigenvalue weighted by Crippen LogP contribution is 2.24. The van der Waals surface area contributed by atoms with Crippen LogP contribution < -0.4 is 15.5 Å². The SMILES string of the molecule is O=C(Nc1ccc(F)c(Cl)c1)NC1CCCN(c2cc(-c3ccncc3)[nH]n2)C1. The minimum atomic E-state index is -0.523. The molecule has 1 aromatic carbocycles. The number of urea groups is 1. The third-order valence-electron chi connectivity index (χ3n) is 4.81. The lowest BCUT2D eigenvalue weighted by Gasteiger charge is -2.33. The van der Waals surface area contributed by atoms with Crippen molar-refractivity contribution >= 4 is 29.1 Å². The zero-order valence-corrected chi connectivity index (χ0v) is 16.3. The van der Waals surface area contributed by atoms with E-state index < -0.39 is 5.82 Å². The molecule has 9 heteroatoms. The lowest BCUT2D eigenvalue weighted by atomic mass is 10.1. The minimum Gasteiger partial charge on any atom is -0.353 e. The number of aromatic nitrogens is 3. The van der Waals surface area contributed by atoms with Gasteiger partial charge in [-0.1, -0.05) is 11.6 Å². The number of carbonyl (C=O) groups is 1. The maximum absolute atomic E-state index is 13.2. The van der Waals surface area contributed by atoms with Gasteiger partial charge in [-0.05, 0) is 43.2 Å². The average Bonchev–Trinajstić information content (AvgIpc) is 3.22. The molecule has 3 N–H and O–H groups in total. The Morgan fingerprint density at radius 2 is 2.07 bits per heavy atom. The van der Waals surface area contributed by atoms with Gasteiger partial charge in [0.15, 0.2) is 5.82 Å². The van der Waals surface area contributed by atoms with Crippen molar-refractivity contribution in [1.29, 1.82) is 0 Å². The van der Waals surface area contributed by atoms with Crippen molar-refractivity contribution in [2.75, 3.05) is 23.3 Å². The highest BCUT2D eigenvalue weighted by atomic mass is 35.5.